The van der Waals surface area contributed by atoms with Gasteiger partial charge in [-0.2, -0.15) is 4.31 Å². The van der Waals surface area contributed by atoms with Crippen molar-refractivity contribution in [3.63, 3.8) is 0 Å². The zero-order valence-electron chi connectivity index (χ0n) is 17.9. The highest BCUT2D eigenvalue weighted by Gasteiger charge is 2.44. The number of nitrogens with one attached hydrogen (secondary N) is 2. The number of β-amino-alcohol motifs (C(OH)–C–C–N with tert-alkyl or cyclic N) is 1. The van der Waals surface area contributed by atoms with Crippen molar-refractivity contribution in [1.29, 1.82) is 0 Å². The smallest absolute Gasteiger partial charge is 0.325 e. The largest absolute Gasteiger partial charge is 0.454 e. The van der Waals surface area contributed by atoms with Crippen molar-refractivity contribution in [2.75, 3.05) is 19.7 Å². The fourth-order valence-electron chi connectivity index (χ4n) is 3.09. The molecule has 0 bridgehead atoms. The molecule has 0 saturated carbocycles. The Morgan fingerprint density at radius 2 is 1.94 bits per heavy atom. The number of aliphatic hydroxyl groups is 1. The summed E-state index contributed by atoms with van der Waals surface area (Å²) < 4.78 is 31.9. The second-order valence-electron chi connectivity index (χ2n) is 7.49. The number of rotatable bonds is 8. The fraction of sp³-hybridized carbons (Fsp3) is 0.550. The Hall–Kier alpha value is -2.50. The van der Waals surface area contributed by atoms with Crippen molar-refractivity contribution in [1.82, 2.24) is 14.9 Å². The van der Waals surface area contributed by atoms with E-state index in [9.17, 15) is 27.9 Å². The van der Waals surface area contributed by atoms with Crippen molar-refractivity contribution in [3.8, 4) is 0 Å². The highest BCUT2D eigenvalue weighted by atomic mass is 32.2. The third-order valence-electron chi connectivity index (χ3n) is 5.01. The first-order valence-corrected chi connectivity index (χ1v) is 11.5. The lowest BCUT2D eigenvalue weighted by atomic mass is 10.1. The molecule has 3 N–H and O–H groups in total. The van der Waals surface area contributed by atoms with Crippen molar-refractivity contribution in [2.45, 2.75) is 57.1 Å². The summed E-state index contributed by atoms with van der Waals surface area (Å²) in [6, 6.07) is 2.63. The van der Waals surface area contributed by atoms with Crippen molar-refractivity contribution in [3.05, 3.63) is 29.3 Å². The predicted molar refractivity (Wildman–Crippen MR) is 112 cm³/mol. The molecular formula is C20H29N3O7S. The molecule has 172 valence electrons. The number of carbonyl (C=O) groups excluding carboxylic acids is 3. The number of benzene rings is 1. The summed E-state index contributed by atoms with van der Waals surface area (Å²) in [7, 11) is -4.07. The molecule has 1 aliphatic rings. The van der Waals surface area contributed by atoms with E-state index in [4.69, 9.17) is 4.74 Å². The average molecular weight is 456 g/mol. The van der Waals surface area contributed by atoms with Crippen LogP contribution in [-0.4, -0.2) is 67.6 Å². The highest BCUT2D eigenvalue weighted by molar-refractivity contribution is 7.89. The van der Waals surface area contributed by atoms with E-state index in [2.05, 4.69) is 5.32 Å². The van der Waals surface area contributed by atoms with Gasteiger partial charge in [0.25, 0.3) is 5.91 Å². The Balaban J connectivity index is 2.01. The molecule has 1 unspecified atom stereocenters. The Morgan fingerprint density at radius 3 is 2.58 bits per heavy atom. The van der Waals surface area contributed by atoms with Crippen molar-refractivity contribution >= 4 is 27.9 Å². The molecule has 0 aliphatic carbocycles. The first-order valence-electron chi connectivity index (χ1n) is 10.1. The molecule has 3 amide bonds. The van der Waals surface area contributed by atoms with Crippen LogP contribution >= 0.6 is 0 Å². The number of hydrogen-bond acceptors (Lipinski definition) is 7. The molecule has 0 radical (unpaired) electrons. The number of sulfonamides is 1. The van der Waals surface area contributed by atoms with Gasteiger partial charge in [-0.05, 0) is 43.5 Å². The topological polar surface area (TPSA) is 142 Å². The van der Waals surface area contributed by atoms with Crippen molar-refractivity contribution in [2.24, 2.45) is 0 Å². The summed E-state index contributed by atoms with van der Waals surface area (Å²) in [5, 5.41) is 14.5. The standard InChI is InChI=1S/C20H29N3O7S/c1-4-5-8-21-20(27)22-18(25)12-30-19(26)17-10-15(24)11-23(17)31(28,29)16-7-6-13(2)14(3)9-16/h6-7,9,15,17,24H,4-5,8,10-12H2,1-3H3,(H2,21,22,25,27)/t15?,17-/m0/s1. The lowest BCUT2D eigenvalue weighted by molar-refractivity contribution is -0.151. The highest BCUT2D eigenvalue weighted by Crippen LogP contribution is 2.28. The monoisotopic (exact) mass is 455 g/mol. The Morgan fingerprint density at radius 1 is 1.23 bits per heavy atom. The van der Waals surface area contributed by atoms with Gasteiger partial charge in [0, 0.05) is 19.5 Å². The Labute approximate surface area is 182 Å². The molecular weight excluding hydrogens is 426 g/mol. The molecule has 10 nitrogen and oxygen atoms in total. The number of esters is 1. The third kappa shape index (κ3) is 6.49. The summed E-state index contributed by atoms with van der Waals surface area (Å²) >= 11 is 0. The number of imide groups is 1. The molecule has 1 aliphatic heterocycles. The molecule has 2 rings (SSSR count). The van der Waals surface area contributed by atoms with E-state index in [1.165, 1.54) is 12.1 Å². The lowest BCUT2D eigenvalue weighted by Crippen LogP contribution is -2.44. The SMILES string of the molecule is CCCCNC(=O)NC(=O)COC(=O)[C@@H]1CC(O)CN1S(=O)(=O)c1ccc(C)c(C)c1. The van der Waals surface area contributed by atoms with Gasteiger partial charge in [0.2, 0.25) is 10.0 Å². The summed E-state index contributed by atoms with van der Waals surface area (Å²) in [5.41, 5.74) is 1.69. The predicted octanol–water partition coefficient (Wildman–Crippen LogP) is 0.596. The van der Waals surface area contributed by atoms with Gasteiger partial charge >= 0.3 is 12.0 Å². The number of aryl methyl sites for hydroxylation is 2. The molecule has 0 spiro atoms. The summed E-state index contributed by atoms with van der Waals surface area (Å²) in [5.74, 6) is -1.81. The first kappa shape index (κ1) is 24.8. The number of amides is 3. The van der Waals surface area contributed by atoms with Crippen LogP contribution in [0, 0.1) is 13.8 Å². The van der Waals surface area contributed by atoms with E-state index < -0.39 is 46.7 Å². The average Bonchev–Trinajstić information content (AvgIpc) is 3.11. The lowest BCUT2D eigenvalue weighted by Gasteiger charge is -2.22. The zero-order chi connectivity index (χ0) is 23.2. The van der Waals surface area contributed by atoms with E-state index in [1.807, 2.05) is 19.2 Å². The second-order valence-corrected chi connectivity index (χ2v) is 9.38. The number of unbranched alkanes of at least 4 members (excludes halogenated alkanes) is 1. The second kappa shape index (κ2) is 10.7. The van der Waals surface area contributed by atoms with E-state index in [0.717, 1.165) is 28.3 Å². The summed E-state index contributed by atoms with van der Waals surface area (Å²) in [6.45, 7) is 4.97. The minimum atomic E-state index is -4.07. The van der Waals surface area contributed by atoms with Crippen LogP contribution in [0.2, 0.25) is 0 Å². The van der Waals surface area contributed by atoms with Crippen LogP contribution in [0.4, 0.5) is 4.79 Å². The molecule has 1 fully saturated rings. The van der Waals surface area contributed by atoms with Gasteiger partial charge in [-0.15, -0.1) is 0 Å². The maximum Gasteiger partial charge on any atom is 0.325 e. The number of hydrogen-bond donors (Lipinski definition) is 3. The van der Waals surface area contributed by atoms with Crippen LogP contribution < -0.4 is 10.6 Å². The summed E-state index contributed by atoms with van der Waals surface area (Å²) in [4.78, 5) is 35.9. The minimum absolute atomic E-state index is 0.00370. The van der Waals surface area contributed by atoms with Gasteiger partial charge in [-0.3, -0.25) is 14.9 Å². The van der Waals surface area contributed by atoms with Crippen LogP contribution in [-0.2, 0) is 24.3 Å². The van der Waals surface area contributed by atoms with Crippen LogP contribution in [0.5, 0.6) is 0 Å². The van der Waals surface area contributed by atoms with Crippen LogP contribution in [0.15, 0.2) is 23.1 Å². The Bertz CT molecular complexity index is 933. The molecule has 1 aromatic rings. The van der Waals surface area contributed by atoms with Gasteiger partial charge in [0.1, 0.15) is 6.04 Å². The van der Waals surface area contributed by atoms with Crippen molar-refractivity contribution < 1.29 is 32.6 Å². The van der Waals surface area contributed by atoms with Gasteiger partial charge in [0.15, 0.2) is 6.61 Å². The number of urea groups is 1. The van der Waals surface area contributed by atoms with Gasteiger partial charge in [-0.25, -0.2) is 13.2 Å². The van der Waals surface area contributed by atoms with E-state index >= 15 is 0 Å². The normalized spacial score (nSPS) is 19.1. The number of aliphatic hydroxyl groups excluding tert-OH is 1. The van der Waals surface area contributed by atoms with Crippen LogP contribution in [0.3, 0.4) is 0 Å². The Kier molecular flexibility index (Phi) is 8.54. The van der Waals surface area contributed by atoms with Gasteiger partial charge in [-0.1, -0.05) is 19.4 Å². The maximum absolute atomic E-state index is 13.0. The van der Waals surface area contributed by atoms with E-state index in [1.54, 1.807) is 13.0 Å². The molecule has 1 saturated heterocycles. The quantitative estimate of drug-likeness (QED) is 0.385. The van der Waals surface area contributed by atoms with Gasteiger partial charge < -0.3 is 15.2 Å². The van der Waals surface area contributed by atoms with Crippen LogP contribution in [0.25, 0.3) is 0 Å². The zero-order valence-corrected chi connectivity index (χ0v) is 18.7. The molecule has 1 aromatic carbocycles. The molecule has 31 heavy (non-hydrogen) atoms. The van der Waals surface area contributed by atoms with E-state index in [-0.39, 0.29) is 17.9 Å². The maximum atomic E-state index is 13.0. The number of ether oxygens (including phenoxy) is 1. The molecule has 11 heteroatoms. The molecule has 1 heterocycles. The minimum Gasteiger partial charge on any atom is -0.454 e. The van der Waals surface area contributed by atoms with Gasteiger partial charge in [0.05, 0.1) is 11.0 Å². The van der Waals surface area contributed by atoms with Crippen LogP contribution in [0.1, 0.15) is 37.3 Å². The number of carbonyl (C=O) groups is 3. The summed E-state index contributed by atoms with van der Waals surface area (Å²) in [6.07, 6.45) is 0.436. The third-order valence-corrected chi connectivity index (χ3v) is 6.88. The first-order chi connectivity index (χ1) is 14.6. The van der Waals surface area contributed by atoms with E-state index in [0.29, 0.717) is 6.54 Å². The molecule has 2 atom stereocenters. The number of nitrogens with zero attached hydrogens (tertiary/aromatic N) is 1. The fourth-order valence-corrected chi connectivity index (χ4v) is 4.80. The molecule has 0 aromatic heterocycles.